The Bertz CT molecular complexity index is 492. The molecule has 0 spiro atoms. The minimum absolute atomic E-state index is 0. The van der Waals surface area contributed by atoms with Crippen molar-refractivity contribution in [3.8, 4) is 0 Å². The zero-order chi connectivity index (χ0) is 22.0. The summed E-state index contributed by atoms with van der Waals surface area (Å²) in [4.78, 5) is 33.4. The molecule has 0 radical (unpaired) electrons. The molecule has 0 aromatic carbocycles. The molecule has 1 amide bonds. The predicted octanol–water partition coefficient (Wildman–Crippen LogP) is -2.16. The van der Waals surface area contributed by atoms with E-state index in [1.807, 2.05) is 19.1 Å². The fourth-order valence-electron chi connectivity index (χ4n) is 3.39. The number of amides is 1. The SMILES string of the molecule is C/C=C/CCCC(=O)NCC[N+](CCO)(CCCCC(=O)[O-])CCCCC(=O)O.[Na+]. The van der Waals surface area contributed by atoms with Gasteiger partial charge in [-0.2, -0.15) is 0 Å². The van der Waals surface area contributed by atoms with Crippen LogP contribution in [-0.2, 0) is 14.4 Å². The van der Waals surface area contributed by atoms with Gasteiger partial charge >= 0.3 is 35.5 Å². The maximum Gasteiger partial charge on any atom is 1.00 e. The van der Waals surface area contributed by atoms with Crippen molar-refractivity contribution in [2.75, 3.05) is 39.3 Å². The topological polar surface area (TPSA) is 127 Å². The van der Waals surface area contributed by atoms with Crippen LogP contribution in [0.3, 0.4) is 0 Å². The fraction of sp³-hybridized carbons (Fsp3) is 0.762. The number of hydrogen-bond acceptors (Lipinski definition) is 5. The molecule has 9 heteroatoms. The van der Waals surface area contributed by atoms with Crippen LogP contribution in [0.2, 0.25) is 0 Å². The number of allylic oxidation sites excluding steroid dienone is 2. The van der Waals surface area contributed by atoms with Gasteiger partial charge in [-0.3, -0.25) is 9.59 Å². The molecule has 1 atom stereocenters. The van der Waals surface area contributed by atoms with E-state index in [0.717, 1.165) is 12.8 Å². The molecule has 0 bridgehead atoms. The first-order chi connectivity index (χ1) is 13.8. The van der Waals surface area contributed by atoms with Gasteiger partial charge in [0.25, 0.3) is 0 Å². The van der Waals surface area contributed by atoms with Gasteiger partial charge in [-0.1, -0.05) is 12.2 Å². The Morgan fingerprint density at radius 3 is 2.10 bits per heavy atom. The van der Waals surface area contributed by atoms with Gasteiger partial charge in [0.15, 0.2) is 0 Å². The molecule has 0 aliphatic rings. The van der Waals surface area contributed by atoms with Gasteiger partial charge < -0.3 is 29.9 Å². The van der Waals surface area contributed by atoms with E-state index in [1.54, 1.807) is 0 Å². The number of aliphatic hydroxyl groups is 1. The molecule has 0 rings (SSSR count). The number of carbonyl (C=O) groups is 3. The Morgan fingerprint density at radius 1 is 0.933 bits per heavy atom. The molecule has 0 aliphatic carbocycles. The van der Waals surface area contributed by atoms with E-state index in [4.69, 9.17) is 5.11 Å². The number of carboxylic acid groups (broad SMARTS) is 2. The van der Waals surface area contributed by atoms with Crippen LogP contribution in [0.15, 0.2) is 12.2 Å². The molecular weight excluding hydrogens is 399 g/mol. The van der Waals surface area contributed by atoms with Gasteiger partial charge in [0.2, 0.25) is 5.91 Å². The quantitative estimate of drug-likeness (QED) is 0.0914. The zero-order valence-electron chi connectivity index (χ0n) is 18.7. The molecule has 0 saturated carbocycles. The predicted molar refractivity (Wildman–Crippen MR) is 109 cm³/mol. The van der Waals surface area contributed by atoms with E-state index in [9.17, 15) is 24.6 Å². The third-order valence-corrected chi connectivity index (χ3v) is 5.03. The minimum atomic E-state index is -1.07. The molecule has 168 valence electrons. The second-order valence-corrected chi connectivity index (χ2v) is 7.45. The van der Waals surface area contributed by atoms with Crippen molar-refractivity contribution in [2.45, 2.75) is 64.7 Å². The Morgan fingerprint density at radius 2 is 1.57 bits per heavy atom. The van der Waals surface area contributed by atoms with Crippen LogP contribution in [0.25, 0.3) is 0 Å². The molecule has 1 unspecified atom stereocenters. The first-order valence-corrected chi connectivity index (χ1v) is 10.6. The number of aliphatic carboxylic acids is 2. The van der Waals surface area contributed by atoms with E-state index in [-0.39, 0.29) is 54.9 Å². The number of unbranched alkanes of at least 4 members (excludes halogenated alkanes) is 3. The maximum absolute atomic E-state index is 12.0. The number of nitrogens with zero attached hydrogens (tertiary/aromatic N) is 1. The van der Waals surface area contributed by atoms with Gasteiger partial charge in [0.05, 0.1) is 32.8 Å². The van der Waals surface area contributed by atoms with Crippen LogP contribution in [0.1, 0.15) is 64.7 Å². The number of quaternary nitrogens is 1. The summed E-state index contributed by atoms with van der Waals surface area (Å²) in [6.45, 7) is 4.89. The van der Waals surface area contributed by atoms with Crippen molar-refractivity contribution < 1.29 is 63.7 Å². The van der Waals surface area contributed by atoms with Crippen molar-refractivity contribution in [1.29, 1.82) is 0 Å². The van der Waals surface area contributed by atoms with Crippen LogP contribution < -0.4 is 40.0 Å². The summed E-state index contributed by atoms with van der Waals surface area (Å²) in [7, 11) is 0. The van der Waals surface area contributed by atoms with Crippen LogP contribution in [0, 0.1) is 0 Å². The minimum Gasteiger partial charge on any atom is -0.550 e. The van der Waals surface area contributed by atoms with Gasteiger partial charge in [-0.15, -0.1) is 0 Å². The Balaban J connectivity index is 0. The summed E-state index contributed by atoms with van der Waals surface area (Å²) in [5, 5.41) is 31.9. The average Bonchev–Trinajstić information content (AvgIpc) is 2.66. The van der Waals surface area contributed by atoms with Crippen molar-refractivity contribution in [3.63, 3.8) is 0 Å². The first-order valence-electron chi connectivity index (χ1n) is 10.6. The molecule has 30 heavy (non-hydrogen) atoms. The second kappa shape index (κ2) is 20.0. The number of carbonyl (C=O) groups excluding carboxylic acids is 2. The average molecular weight is 438 g/mol. The molecule has 0 aromatic heterocycles. The number of aliphatic hydroxyl groups excluding tert-OH is 1. The molecule has 0 saturated heterocycles. The summed E-state index contributed by atoms with van der Waals surface area (Å²) >= 11 is 0. The summed E-state index contributed by atoms with van der Waals surface area (Å²) in [5.41, 5.74) is 0. The van der Waals surface area contributed by atoms with Gasteiger partial charge in [-0.05, 0) is 51.9 Å². The Hall–Kier alpha value is -0.930. The number of carboxylic acids is 2. The first kappa shape index (κ1) is 31.3. The number of hydrogen-bond donors (Lipinski definition) is 3. The van der Waals surface area contributed by atoms with E-state index in [2.05, 4.69) is 5.32 Å². The van der Waals surface area contributed by atoms with Gasteiger partial charge in [0.1, 0.15) is 6.54 Å². The van der Waals surface area contributed by atoms with E-state index >= 15 is 0 Å². The standard InChI is InChI=1S/C21H38N2O6.Na/c1-2-3-4-5-10-19(25)22-13-16-23(17-18-24,14-8-6-11-20(26)27)15-9-7-12-21(28)29;/h2-3,24H,4-18H2,1H3,(H2-,22,25,26,27,28,29);/q;+1/b3-2+;. The molecule has 0 aromatic rings. The molecule has 0 fully saturated rings. The fourth-order valence-corrected chi connectivity index (χ4v) is 3.39. The van der Waals surface area contributed by atoms with Crippen molar-refractivity contribution in [3.05, 3.63) is 12.2 Å². The van der Waals surface area contributed by atoms with Crippen molar-refractivity contribution >= 4 is 17.8 Å². The Labute approximate surface area is 202 Å². The van der Waals surface area contributed by atoms with Crippen LogP contribution in [0.4, 0.5) is 0 Å². The third-order valence-electron chi connectivity index (χ3n) is 5.03. The smallest absolute Gasteiger partial charge is 0.550 e. The van der Waals surface area contributed by atoms with Crippen molar-refractivity contribution in [1.82, 2.24) is 5.32 Å². The molecule has 0 heterocycles. The van der Waals surface area contributed by atoms with Crippen molar-refractivity contribution in [2.24, 2.45) is 0 Å². The molecule has 8 nitrogen and oxygen atoms in total. The molecular formula is C21H38N2NaO6+. The number of nitrogens with one attached hydrogen (secondary N) is 1. The maximum atomic E-state index is 12.0. The van der Waals surface area contributed by atoms with E-state index < -0.39 is 11.9 Å². The summed E-state index contributed by atoms with van der Waals surface area (Å²) in [6.07, 6.45) is 8.65. The van der Waals surface area contributed by atoms with Gasteiger partial charge in [-0.25, -0.2) is 0 Å². The van der Waals surface area contributed by atoms with Gasteiger partial charge in [0, 0.05) is 18.8 Å². The second-order valence-electron chi connectivity index (χ2n) is 7.45. The molecule has 3 N–H and O–H groups in total. The van der Waals surface area contributed by atoms with Crippen LogP contribution in [0.5, 0.6) is 0 Å². The van der Waals surface area contributed by atoms with Crippen LogP contribution in [-0.4, -0.2) is 71.9 Å². The normalized spacial score (nSPS) is 12.9. The third kappa shape index (κ3) is 17.9. The number of rotatable bonds is 19. The largest absolute Gasteiger partial charge is 1.00 e. The summed E-state index contributed by atoms with van der Waals surface area (Å²) in [5.74, 6) is -1.90. The monoisotopic (exact) mass is 437 g/mol. The summed E-state index contributed by atoms with van der Waals surface area (Å²) in [6, 6.07) is 0. The zero-order valence-corrected chi connectivity index (χ0v) is 20.7. The van der Waals surface area contributed by atoms with Crippen LogP contribution >= 0.6 is 0 Å². The van der Waals surface area contributed by atoms with E-state index in [0.29, 0.717) is 69.3 Å². The molecule has 0 aliphatic heterocycles. The Kier molecular flexibility index (Phi) is 20.8. The van der Waals surface area contributed by atoms with E-state index in [1.165, 1.54) is 0 Å². The summed E-state index contributed by atoms with van der Waals surface area (Å²) < 4.78 is 0.544.